The van der Waals surface area contributed by atoms with E-state index in [1.54, 1.807) is 4.90 Å². The average Bonchev–Trinajstić information content (AvgIpc) is 3.12. The standard InChI is InChI=1S/C22H28F3N3O2/c1-15(28-20(29)12-22(13-21(28)30)4-2-3-5-22)14-26-6-8-27(9-7-26)19-11-17(24)16(23)10-18(19)25/h10-11,15H,2-9,12-14H2,1H3/t15-/m0/s1. The molecule has 1 spiro atoms. The maximum Gasteiger partial charge on any atom is 0.230 e. The van der Waals surface area contributed by atoms with Crippen LogP contribution in [0.4, 0.5) is 18.9 Å². The normalized spacial score (nSPS) is 23.5. The Bertz CT molecular complexity index is 813. The van der Waals surface area contributed by atoms with Crippen LogP contribution in [0.25, 0.3) is 0 Å². The molecular weight excluding hydrogens is 395 g/mol. The Morgan fingerprint density at radius 2 is 1.47 bits per heavy atom. The lowest BCUT2D eigenvalue weighted by molar-refractivity contribution is -0.156. The van der Waals surface area contributed by atoms with Crippen LogP contribution >= 0.6 is 0 Å². The predicted molar refractivity (Wildman–Crippen MR) is 106 cm³/mol. The lowest BCUT2D eigenvalue weighted by Gasteiger charge is -2.42. The molecule has 1 atom stereocenters. The number of anilines is 1. The van der Waals surface area contributed by atoms with Gasteiger partial charge in [-0.25, -0.2) is 13.2 Å². The third kappa shape index (κ3) is 4.06. The zero-order valence-electron chi connectivity index (χ0n) is 17.3. The first-order chi connectivity index (χ1) is 14.3. The molecule has 1 aliphatic carbocycles. The zero-order valence-corrected chi connectivity index (χ0v) is 17.3. The molecule has 5 nitrogen and oxygen atoms in total. The molecule has 1 aromatic rings. The molecule has 2 aliphatic heterocycles. The summed E-state index contributed by atoms with van der Waals surface area (Å²) in [6.07, 6.45) is 5.06. The fourth-order valence-electron chi connectivity index (χ4n) is 5.36. The highest BCUT2D eigenvalue weighted by Crippen LogP contribution is 2.47. The SMILES string of the molecule is C[C@@H](CN1CCN(c2cc(F)c(F)cc2F)CC1)N1C(=O)CC2(CCCC2)CC1=O. The number of nitrogens with zero attached hydrogens (tertiary/aromatic N) is 3. The Labute approximate surface area is 174 Å². The van der Waals surface area contributed by atoms with Gasteiger partial charge in [0.2, 0.25) is 11.8 Å². The number of likely N-dealkylation sites (tertiary alicyclic amines) is 1. The molecule has 0 unspecified atom stereocenters. The number of piperazine rings is 1. The summed E-state index contributed by atoms with van der Waals surface area (Å²) in [4.78, 5) is 30.8. The van der Waals surface area contributed by atoms with Crippen molar-refractivity contribution in [1.29, 1.82) is 0 Å². The predicted octanol–water partition coefficient (Wildman–Crippen LogP) is 3.32. The van der Waals surface area contributed by atoms with E-state index in [0.717, 1.165) is 31.7 Å². The highest BCUT2D eigenvalue weighted by Gasteiger charge is 2.46. The maximum atomic E-state index is 14.0. The molecule has 3 aliphatic rings. The van der Waals surface area contributed by atoms with E-state index >= 15 is 0 Å². The highest BCUT2D eigenvalue weighted by molar-refractivity contribution is 5.99. The van der Waals surface area contributed by atoms with Crippen LogP contribution in [-0.4, -0.2) is 60.4 Å². The van der Waals surface area contributed by atoms with Crippen molar-refractivity contribution in [3.63, 3.8) is 0 Å². The number of hydrogen-bond donors (Lipinski definition) is 0. The van der Waals surface area contributed by atoms with E-state index in [2.05, 4.69) is 4.90 Å². The van der Waals surface area contributed by atoms with Gasteiger partial charge in [0, 0.05) is 63.7 Å². The van der Waals surface area contributed by atoms with Gasteiger partial charge < -0.3 is 4.90 Å². The first kappa shape index (κ1) is 21.2. The van der Waals surface area contributed by atoms with Gasteiger partial charge in [-0.15, -0.1) is 0 Å². The molecule has 2 saturated heterocycles. The van der Waals surface area contributed by atoms with E-state index < -0.39 is 17.5 Å². The van der Waals surface area contributed by atoms with E-state index in [9.17, 15) is 22.8 Å². The average molecular weight is 423 g/mol. The molecule has 4 rings (SSSR count). The Morgan fingerprint density at radius 3 is 2.07 bits per heavy atom. The summed E-state index contributed by atoms with van der Waals surface area (Å²) in [6.45, 7) is 4.54. The van der Waals surface area contributed by atoms with Crippen molar-refractivity contribution in [2.24, 2.45) is 5.41 Å². The van der Waals surface area contributed by atoms with Crippen LogP contribution in [0.5, 0.6) is 0 Å². The van der Waals surface area contributed by atoms with E-state index in [0.29, 0.717) is 51.6 Å². The Hall–Kier alpha value is -2.09. The van der Waals surface area contributed by atoms with E-state index in [4.69, 9.17) is 0 Å². The van der Waals surface area contributed by atoms with Crippen LogP contribution in [-0.2, 0) is 9.59 Å². The summed E-state index contributed by atoms with van der Waals surface area (Å²) < 4.78 is 40.7. The minimum absolute atomic E-state index is 0.0600. The monoisotopic (exact) mass is 423 g/mol. The van der Waals surface area contributed by atoms with Gasteiger partial charge in [0.25, 0.3) is 0 Å². The van der Waals surface area contributed by atoms with Crippen molar-refractivity contribution in [2.75, 3.05) is 37.6 Å². The molecule has 0 radical (unpaired) electrons. The van der Waals surface area contributed by atoms with Gasteiger partial charge >= 0.3 is 0 Å². The van der Waals surface area contributed by atoms with Crippen LogP contribution in [0.2, 0.25) is 0 Å². The number of rotatable bonds is 4. The quantitative estimate of drug-likeness (QED) is 0.551. The molecule has 1 aromatic carbocycles. The second-order valence-electron chi connectivity index (χ2n) is 9.07. The number of carbonyl (C=O) groups is 2. The van der Waals surface area contributed by atoms with Gasteiger partial charge in [0.15, 0.2) is 11.6 Å². The lowest BCUT2D eigenvalue weighted by Crippen LogP contribution is -2.56. The first-order valence-corrected chi connectivity index (χ1v) is 10.7. The number of benzene rings is 1. The molecule has 30 heavy (non-hydrogen) atoms. The number of imide groups is 1. The number of halogens is 3. The molecule has 0 bridgehead atoms. The van der Waals surface area contributed by atoms with Crippen molar-refractivity contribution in [3.05, 3.63) is 29.6 Å². The minimum Gasteiger partial charge on any atom is -0.367 e. The van der Waals surface area contributed by atoms with Gasteiger partial charge in [-0.1, -0.05) is 12.8 Å². The fraction of sp³-hybridized carbons (Fsp3) is 0.636. The summed E-state index contributed by atoms with van der Waals surface area (Å²) in [5, 5.41) is 0. The lowest BCUT2D eigenvalue weighted by atomic mass is 9.76. The fourth-order valence-corrected chi connectivity index (χ4v) is 5.36. The van der Waals surface area contributed by atoms with Crippen molar-refractivity contribution in [3.8, 4) is 0 Å². The van der Waals surface area contributed by atoms with Crippen LogP contribution in [0.3, 0.4) is 0 Å². The maximum absolute atomic E-state index is 14.0. The molecular formula is C22H28F3N3O2. The molecule has 2 amide bonds. The third-order valence-electron chi connectivity index (χ3n) is 6.92. The van der Waals surface area contributed by atoms with Gasteiger partial charge in [0.1, 0.15) is 5.82 Å². The largest absolute Gasteiger partial charge is 0.367 e. The van der Waals surface area contributed by atoms with E-state index in [1.165, 1.54) is 4.90 Å². The summed E-state index contributed by atoms with van der Waals surface area (Å²) in [5.41, 5.74) is -0.0466. The molecule has 3 fully saturated rings. The molecule has 1 saturated carbocycles. The van der Waals surface area contributed by atoms with Gasteiger partial charge in [-0.3, -0.25) is 19.4 Å². The number of hydrogen-bond acceptors (Lipinski definition) is 4. The number of carbonyl (C=O) groups excluding carboxylic acids is 2. The number of piperidine rings is 1. The van der Waals surface area contributed by atoms with Crippen molar-refractivity contribution < 1.29 is 22.8 Å². The number of amides is 2. The van der Waals surface area contributed by atoms with Gasteiger partial charge in [-0.05, 0) is 25.2 Å². The van der Waals surface area contributed by atoms with Crippen LogP contribution in [0.1, 0.15) is 45.4 Å². The molecule has 2 heterocycles. The zero-order chi connectivity index (χ0) is 21.5. The second-order valence-corrected chi connectivity index (χ2v) is 9.07. The third-order valence-corrected chi connectivity index (χ3v) is 6.92. The van der Waals surface area contributed by atoms with Crippen molar-refractivity contribution in [1.82, 2.24) is 9.80 Å². The topological polar surface area (TPSA) is 43.9 Å². The Balaban J connectivity index is 1.33. The Kier molecular flexibility index (Phi) is 5.79. The summed E-state index contributed by atoms with van der Waals surface area (Å²) in [5.74, 6) is -3.17. The summed E-state index contributed by atoms with van der Waals surface area (Å²) in [7, 11) is 0. The molecule has 8 heteroatoms. The van der Waals surface area contributed by atoms with Crippen molar-refractivity contribution >= 4 is 17.5 Å². The van der Waals surface area contributed by atoms with Crippen molar-refractivity contribution in [2.45, 2.75) is 51.5 Å². The summed E-state index contributed by atoms with van der Waals surface area (Å²) >= 11 is 0. The van der Waals surface area contributed by atoms with Gasteiger partial charge in [-0.2, -0.15) is 0 Å². The molecule has 0 N–H and O–H groups in total. The Morgan fingerprint density at radius 1 is 0.900 bits per heavy atom. The molecule has 164 valence electrons. The highest BCUT2D eigenvalue weighted by atomic mass is 19.2. The van der Waals surface area contributed by atoms with Gasteiger partial charge in [0.05, 0.1) is 5.69 Å². The second kappa shape index (κ2) is 8.21. The van der Waals surface area contributed by atoms with E-state index in [-0.39, 0.29) is 29.0 Å². The van der Waals surface area contributed by atoms with E-state index in [1.807, 2.05) is 6.92 Å². The van der Waals surface area contributed by atoms with Crippen LogP contribution in [0, 0.1) is 22.9 Å². The molecule has 0 aromatic heterocycles. The first-order valence-electron chi connectivity index (χ1n) is 10.7. The van der Waals surface area contributed by atoms with Crippen LogP contribution in [0.15, 0.2) is 12.1 Å². The van der Waals surface area contributed by atoms with Crippen LogP contribution < -0.4 is 4.90 Å². The summed E-state index contributed by atoms with van der Waals surface area (Å²) in [6, 6.07) is 1.24. The smallest absolute Gasteiger partial charge is 0.230 e. The minimum atomic E-state index is -1.20.